The van der Waals surface area contributed by atoms with Gasteiger partial charge in [-0.2, -0.15) is 0 Å². The van der Waals surface area contributed by atoms with Crippen LogP contribution in [0.15, 0.2) is 36.4 Å². The Morgan fingerprint density at radius 1 is 1.10 bits per heavy atom. The molecule has 3 rings (SSSR count). The summed E-state index contributed by atoms with van der Waals surface area (Å²) in [6.45, 7) is 1.07. The number of piperidine rings is 1. The van der Waals surface area contributed by atoms with Gasteiger partial charge in [-0.3, -0.25) is 9.69 Å². The summed E-state index contributed by atoms with van der Waals surface area (Å²) in [6.07, 6.45) is 1.38. The van der Waals surface area contributed by atoms with Crippen molar-refractivity contribution in [3.63, 3.8) is 0 Å². The van der Waals surface area contributed by atoms with Crippen LogP contribution in [-0.4, -0.2) is 50.4 Å². The summed E-state index contributed by atoms with van der Waals surface area (Å²) in [5.74, 6) is -0.0179. The molecule has 1 heterocycles. The van der Waals surface area contributed by atoms with Gasteiger partial charge in [-0.05, 0) is 43.1 Å². The molecule has 1 aliphatic rings. The standard InChI is InChI=1S/C22H26FNO5/c1-27-18-12-20(29-3)19(28-2)11-17(18)21(14-6-4-8-16(23)10-14)24-9-5-7-15(13-24)22(25)26/h4,6,8,10-12,15,21H,5,7,9,13H2,1-3H3,(H,25,26). The fourth-order valence-corrected chi connectivity index (χ4v) is 3.97. The van der Waals surface area contributed by atoms with Gasteiger partial charge in [0.2, 0.25) is 0 Å². The molecule has 1 N–H and O–H groups in total. The predicted octanol–water partition coefficient (Wildman–Crippen LogP) is 3.74. The third kappa shape index (κ3) is 4.45. The summed E-state index contributed by atoms with van der Waals surface area (Å²) < 4.78 is 30.5. The highest BCUT2D eigenvalue weighted by Gasteiger charge is 2.33. The molecule has 0 amide bonds. The van der Waals surface area contributed by atoms with Gasteiger partial charge in [0.15, 0.2) is 11.5 Å². The molecule has 0 aromatic heterocycles. The molecule has 2 unspecified atom stereocenters. The van der Waals surface area contributed by atoms with Crippen molar-refractivity contribution in [2.24, 2.45) is 5.92 Å². The van der Waals surface area contributed by atoms with E-state index in [0.717, 1.165) is 17.5 Å². The van der Waals surface area contributed by atoms with E-state index in [2.05, 4.69) is 4.90 Å². The van der Waals surface area contributed by atoms with Crippen LogP contribution in [0.5, 0.6) is 17.2 Å². The van der Waals surface area contributed by atoms with Crippen LogP contribution in [0.4, 0.5) is 4.39 Å². The third-order valence-electron chi connectivity index (χ3n) is 5.36. The number of carboxylic acids is 1. The molecule has 0 saturated carbocycles. The highest BCUT2D eigenvalue weighted by atomic mass is 19.1. The molecule has 156 valence electrons. The van der Waals surface area contributed by atoms with E-state index < -0.39 is 11.9 Å². The maximum Gasteiger partial charge on any atom is 0.307 e. The van der Waals surface area contributed by atoms with Gasteiger partial charge in [0.05, 0.1) is 33.3 Å². The van der Waals surface area contributed by atoms with Gasteiger partial charge in [0.25, 0.3) is 0 Å². The van der Waals surface area contributed by atoms with Crippen molar-refractivity contribution in [2.45, 2.75) is 18.9 Å². The van der Waals surface area contributed by atoms with Crippen molar-refractivity contribution in [1.29, 1.82) is 0 Å². The Bertz CT molecular complexity index is 872. The number of ether oxygens (including phenoxy) is 3. The van der Waals surface area contributed by atoms with Gasteiger partial charge in [0.1, 0.15) is 11.6 Å². The largest absolute Gasteiger partial charge is 0.496 e. The summed E-state index contributed by atoms with van der Waals surface area (Å²) >= 11 is 0. The first-order valence-corrected chi connectivity index (χ1v) is 9.50. The van der Waals surface area contributed by atoms with E-state index >= 15 is 0 Å². The van der Waals surface area contributed by atoms with Crippen molar-refractivity contribution in [3.8, 4) is 17.2 Å². The van der Waals surface area contributed by atoms with Gasteiger partial charge in [-0.25, -0.2) is 4.39 Å². The SMILES string of the molecule is COc1cc(OC)c(C(c2cccc(F)c2)N2CCCC(C(=O)O)C2)cc1OC. The van der Waals surface area contributed by atoms with E-state index in [4.69, 9.17) is 14.2 Å². The Morgan fingerprint density at radius 2 is 1.79 bits per heavy atom. The lowest BCUT2D eigenvalue weighted by Crippen LogP contribution is -2.41. The van der Waals surface area contributed by atoms with E-state index in [1.807, 2.05) is 12.1 Å². The fourth-order valence-electron chi connectivity index (χ4n) is 3.97. The van der Waals surface area contributed by atoms with Crippen molar-refractivity contribution < 1.29 is 28.5 Å². The number of carbonyl (C=O) groups is 1. The monoisotopic (exact) mass is 403 g/mol. The molecular formula is C22H26FNO5. The summed E-state index contributed by atoms with van der Waals surface area (Å²) in [5.41, 5.74) is 1.49. The van der Waals surface area contributed by atoms with Crippen LogP contribution in [0.3, 0.4) is 0 Å². The van der Waals surface area contributed by atoms with Crippen LogP contribution in [0.25, 0.3) is 0 Å². The molecule has 0 radical (unpaired) electrons. The average molecular weight is 403 g/mol. The number of nitrogens with zero attached hydrogens (tertiary/aromatic N) is 1. The van der Waals surface area contributed by atoms with Crippen LogP contribution in [0.2, 0.25) is 0 Å². The maximum absolute atomic E-state index is 14.1. The second-order valence-electron chi connectivity index (χ2n) is 7.08. The Labute approximate surface area is 169 Å². The molecule has 1 saturated heterocycles. The summed E-state index contributed by atoms with van der Waals surface area (Å²) in [6, 6.07) is 9.53. The van der Waals surface area contributed by atoms with Gasteiger partial charge >= 0.3 is 5.97 Å². The fraction of sp³-hybridized carbons (Fsp3) is 0.409. The second kappa shape index (κ2) is 9.13. The van der Waals surface area contributed by atoms with Gasteiger partial charge < -0.3 is 19.3 Å². The predicted molar refractivity (Wildman–Crippen MR) is 106 cm³/mol. The molecule has 0 bridgehead atoms. The second-order valence-corrected chi connectivity index (χ2v) is 7.08. The molecule has 1 aliphatic heterocycles. The number of benzene rings is 2. The highest BCUT2D eigenvalue weighted by molar-refractivity contribution is 5.70. The van der Waals surface area contributed by atoms with Crippen molar-refractivity contribution in [3.05, 3.63) is 53.3 Å². The first-order valence-electron chi connectivity index (χ1n) is 9.50. The molecule has 29 heavy (non-hydrogen) atoms. The first kappa shape index (κ1) is 20.9. The topological polar surface area (TPSA) is 68.2 Å². The lowest BCUT2D eigenvalue weighted by atomic mass is 9.90. The number of methoxy groups -OCH3 is 3. The Kier molecular flexibility index (Phi) is 6.59. The zero-order chi connectivity index (χ0) is 21.0. The Hall–Kier alpha value is -2.80. The van der Waals surface area contributed by atoms with Crippen LogP contribution in [-0.2, 0) is 4.79 Å². The van der Waals surface area contributed by atoms with Gasteiger partial charge in [0, 0.05) is 18.2 Å². The van der Waals surface area contributed by atoms with E-state index in [1.54, 1.807) is 33.5 Å². The number of carboxylic acid groups (broad SMARTS) is 1. The zero-order valence-corrected chi connectivity index (χ0v) is 16.9. The molecule has 0 spiro atoms. The summed E-state index contributed by atoms with van der Waals surface area (Å²) in [7, 11) is 4.65. The smallest absolute Gasteiger partial charge is 0.307 e. The summed E-state index contributed by atoms with van der Waals surface area (Å²) in [4.78, 5) is 13.7. The number of rotatable bonds is 7. The van der Waals surface area contributed by atoms with Gasteiger partial charge in [-0.1, -0.05) is 12.1 Å². The minimum Gasteiger partial charge on any atom is -0.496 e. The summed E-state index contributed by atoms with van der Waals surface area (Å²) in [5, 5.41) is 9.53. The number of hydrogen-bond acceptors (Lipinski definition) is 5. The quantitative estimate of drug-likeness (QED) is 0.760. The van der Waals surface area contributed by atoms with Crippen molar-refractivity contribution in [1.82, 2.24) is 4.90 Å². The number of halogens is 1. The highest BCUT2D eigenvalue weighted by Crippen LogP contribution is 2.42. The van der Waals surface area contributed by atoms with Crippen LogP contribution in [0, 0.1) is 11.7 Å². The number of likely N-dealkylation sites (tertiary alicyclic amines) is 1. The van der Waals surface area contributed by atoms with Gasteiger partial charge in [-0.15, -0.1) is 0 Å². The lowest BCUT2D eigenvalue weighted by molar-refractivity contribution is -0.143. The van der Waals surface area contributed by atoms with Crippen LogP contribution >= 0.6 is 0 Å². The Morgan fingerprint density at radius 3 is 2.41 bits per heavy atom. The Balaban J connectivity index is 2.14. The zero-order valence-electron chi connectivity index (χ0n) is 16.9. The minimum atomic E-state index is -0.813. The molecule has 1 fully saturated rings. The lowest BCUT2D eigenvalue weighted by Gasteiger charge is -2.38. The molecule has 6 nitrogen and oxygen atoms in total. The van der Waals surface area contributed by atoms with E-state index in [9.17, 15) is 14.3 Å². The molecule has 2 aromatic carbocycles. The number of aliphatic carboxylic acids is 1. The maximum atomic E-state index is 14.1. The molecular weight excluding hydrogens is 377 g/mol. The average Bonchev–Trinajstić information content (AvgIpc) is 2.73. The molecule has 2 aromatic rings. The van der Waals surface area contributed by atoms with Crippen LogP contribution in [0.1, 0.15) is 30.0 Å². The van der Waals surface area contributed by atoms with E-state index in [0.29, 0.717) is 36.8 Å². The third-order valence-corrected chi connectivity index (χ3v) is 5.36. The van der Waals surface area contributed by atoms with Crippen LogP contribution < -0.4 is 14.2 Å². The van der Waals surface area contributed by atoms with E-state index in [-0.39, 0.29) is 11.9 Å². The molecule has 2 atom stereocenters. The van der Waals surface area contributed by atoms with Crippen molar-refractivity contribution >= 4 is 5.97 Å². The van der Waals surface area contributed by atoms with Crippen molar-refractivity contribution in [2.75, 3.05) is 34.4 Å². The minimum absolute atomic E-state index is 0.348. The van der Waals surface area contributed by atoms with E-state index in [1.165, 1.54) is 12.1 Å². The normalized spacial score (nSPS) is 18.1. The molecule has 0 aliphatic carbocycles. The first-order chi connectivity index (χ1) is 14.0. The number of hydrogen-bond donors (Lipinski definition) is 1. The molecule has 7 heteroatoms.